The van der Waals surface area contributed by atoms with Crippen LogP contribution < -0.4 is 5.32 Å². The van der Waals surface area contributed by atoms with E-state index in [0.717, 1.165) is 16.3 Å². The topological polar surface area (TPSA) is 101 Å². The Morgan fingerprint density at radius 3 is 2.37 bits per heavy atom. The van der Waals surface area contributed by atoms with E-state index in [1.54, 1.807) is 31.2 Å². The van der Waals surface area contributed by atoms with Gasteiger partial charge >= 0.3 is 0 Å². The molecule has 1 N–H and O–H groups in total. The van der Waals surface area contributed by atoms with Crippen LogP contribution in [0.1, 0.15) is 45.1 Å². The molecule has 0 bridgehead atoms. The van der Waals surface area contributed by atoms with Crippen molar-refractivity contribution in [3.8, 4) is 0 Å². The Kier molecular flexibility index (Phi) is 7.04. The van der Waals surface area contributed by atoms with Gasteiger partial charge in [0.1, 0.15) is 0 Å². The molecule has 0 aromatic heterocycles. The summed E-state index contributed by atoms with van der Waals surface area (Å²) in [5.41, 5.74) is 1.07. The normalized spacial score (nSPS) is 20.5. The maximum atomic E-state index is 12.8. The van der Waals surface area contributed by atoms with E-state index in [-0.39, 0.29) is 29.5 Å². The number of hydrogen-bond acceptors (Lipinski definition) is 5. The third-order valence-corrected chi connectivity index (χ3v) is 8.67. The molecule has 1 aromatic rings. The summed E-state index contributed by atoms with van der Waals surface area (Å²) in [6, 6.07) is 6.30. The second-order valence-corrected chi connectivity index (χ2v) is 11.1. The highest BCUT2D eigenvalue weighted by Crippen LogP contribution is 2.22. The maximum Gasteiger partial charge on any atom is 0.243 e. The van der Waals surface area contributed by atoms with Gasteiger partial charge in [-0.1, -0.05) is 32.9 Å². The zero-order valence-electron chi connectivity index (χ0n) is 16.0. The molecule has 2 atom stereocenters. The minimum absolute atomic E-state index is 0.0519. The lowest BCUT2D eigenvalue weighted by molar-refractivity contribution is -0.121. The van der Waals surface area contributed by atoms with Crippen LogP contribution in [0, 0.1) is 0 Å². The Hall–Kier alpha value is -1.45. The van der Waals surface area contributed by atoms with Crippen molar-refractivity contribution >= 4 is 25.8 Å². The Morgan fingerprint density at radius 2 is 1.89 bits per heavy atom. The number of sulfonamides is 1. The van der Waals surface area contributed by atoms with Crippen LogP contribution >= 0.6 is 0 Å². The molecule has 1 heterocycles. The van der Waals surface area contributed by atoms with Crippen molar-refractivity contribution < 1.29 is 21.6 Å². The summed E-state index contributed by atoms with van der Waals surface area (Å²) in [7, 11) is -6.90. The number of amides is 1. The van der Waals surface area contributed by atoms with E-state index in [9.17, 15) is 21.6 Å². The lowest BCUT2D eigenvalue weighted by atomic mass is 9.99. The van der Waals surface area contributed by atoms with Gasteiger partial charge in [-0.2, -0.15) is 4.31 Å². The number of hydrogen-bond donors (Lipinski definition) is 1. The van der Waals surface area contributed by atoms with Crippen molar-refractivity contribution in [3.05, 3.63) is 29.8 Å². The lowest BCUT2D eigenvalue weighted by Gasteiger charge is -2.21. The quantitative estimate of drug-likeness (QED) is 0.692. The van der Waals surface area contributed by atoms with Gasteiger partial charge in [-0.05, 0) is 36.5 Å². The van der Waals surface area contributed by atoms with Gasteiger partial charge in [0.15, 0.2) is 9.84 Å². The fraction of sp³-hybridized carbons (Fsp3) is 0.611. The first-order valence-corrected chi connectivity index (χ1v) is 12.4. The molecule has 2 rings (SSSR count). The van der Waals surface area contributed by atoms with Gasteiger partial charge in [0.2, 0.25) is 15.9 Å². The molecule has 1 saturated heterocycles. The molecule has 0 saturated carbocycles. The predicted octanol–water partition coefficient (Wildman–Crippen LogP) is 1.51. The third kappa shape index (κ3) is 5.52. The summed E-state index contributed by atoms with van der Waals surface area (Å²) >= 11 is 0. The van der Waals surface area contributed by atoms with Crippen molar-refractivity contribution in [2.75, 3.05) is 24.6 Å². The maximum absolute atomic E-state index is 12.8. The zero-order valence-corrected chi connectivity index (χ0v) is 17.6. The van der Waals surface area contributed by atoms with E-state index in [1.807, 2.05) is 0 Å². The van der Waals surface area contributed by atoms with Crippen LogP contribution in [0.15, 0.2) is 29.2 Å². The SMILES string of the molecule is CC[C@@H](C)c1ccc(S(=O)(=O)N(CC)CC(=O)N[C@H]2CCS(=O)(=O)C2)cc1. The van der Waals surface area contributed by atoms with Gasteiger partial charge in [-0.25, -0.2) is 16.8 Å². The molecule has 0 radical (unpaired) electrons. The van der Waals surface area contributed by atoms with Crippen LogP contribution in [0.4, 0.5) is 0 Å². The third-order valence-electron chi connectivity index (χ3n) is 4.97. The molecule has 1 fully saturated rings. The van der Waals surface area contributed by atoms with Crippen LogP contribution in [0.2, 0.25) is 0 Å². The van der Waals surface area contributed by atoms with Gasteiger partial charge in [0.25, 0.3) is 0 Å². The highest BCUT2D eigenvalue weighted by molar-refractivity contribution is 7.91. The summed E-state index contributed by atoms with van der Waals surface area (Å²) in [6.45, 7) is 5.63. The Morgan fingerprint density at radius 1 is 1.26 bits per heavy atom. The smallest absolute Gasteiger partial charge is 0.243 e. The van der Waals surface area contributed by atoms with E-state index in [2.05, 4.69) is 19.2 Å². The van der Waals surface area contributed by atoms with Crippen LogP contribution in [-0.2, 0) is 24.7 Å². The van der Waals surface area contributed by atoms with Crippen LogP contribution in [-0.4, -0.2) is 57.7 Å². The first-order valence-electron chi connectivity index (χ1n) is 9.19. The van der Waals surface area contributed by atoms with Crippen molar-refractivity contribution in [2.45, 2.75) is 50.5 Å². The monoisotopic (exact) mass is 416 g/mol. The number of nitrogens with one attached hydrogen (secondary N) is 1. The summed E-state index contributed by atoms with van der Waals surface area (Å²) in [5.74, 6) is -0.179. The number of carbonyl (C=O) groups excluding carboxylic acids is 1. The van der Waals surface area contributed by atoms with Gasteiger partial charge in [0, 0.05) is 12.6 Å². The predicted molar refractivity (Wildman–Crippen MR) is 105 cm³/mol. The first-order chi connectivity index (χ1) is 12.6. The molecular formula is C18H28N2O5S2. The fourth-order valence-electron chi connectivity index (χ4n) is 3.06. The molecule has 0 unspecified atom stereocenters. The highest BCUT2D eigenvalue weighted by atomic mass is 32.2. The van der Waals surface area contributed by atoms with Gasteiger partial charge < -0.3 is 5.32 Å². The highest BCUT2D eigenvalue weighted by Gasteiger charge is 2.31. The van der Waals surface area contributed by atoms with Gasteiger partial charge in [0.05, 0.1) is 22.9 Å². The largest absolute Gasteiger partial charge is 0.351 e. The number of benzene rings is 1. The number of rotatable bonds is 8. The Labute approximate surface area is 162 Å². The van der Waals surface area contributed by atoms with Crippen LogP contribution in [0.3, 0.4) is 0 Å². The molecule has 0 spiro atoms. The summed E-state index contributed by atoms with van der Waals surface area (Å²) in [5, 5.41) is 2.63. The molecule has 1 aliphatic rings. The minimum Gasteiger partial charge on any atom is -0.351 e. The number of nitrogens with zero attached hydrogens (tertiary/aromatic N) is 1. The van der Waals surface area contributed by atoms with Crippen LogP contribution in [0.25, 0.3) is 0 Å². The Balaban J connectivity index is 2.07. The molecule has 1 aromatic carbocycles. The lowest BCUT2D eigenvalue weighted by Crippen LogP contribution is -2.44. The number of likely N-dealkylation sites (N-methyl/N-ethyl adjacent to an activating group) is 1. The molecule has 152 valence electrons. The number of sulfone groups is 1. The summed E-state index contributed by atoms with van der Waals surface area (Å²) in [4.78, 5) is 12.4. The van der Waals surface area contributed by atoms with Crippen molar-refractivity contribution in [1.29, 1.82) is 0 Å². The van der Waals surface area contributed by atoms with E-state index < -0.39 is 31.8 Å². The zero-order chi connectivity index (χ0) is 20.2. The Bertz CT molecular complexity index is 864. The second kappa shape index (κ2) is 8.70. The van der Waals surface area contributed by atoms with E-state index in [4.69, 9.17) is 0 Å². The second-order valence-electron chi connectivity index (χ2n) is 6.98. The van der Waals surface area contributed by atoms with Gasteiger partial charge in [-0.15, -0.1) is 0 Å². The van der Waals surface area contributed by atoms with Crippen molar-refractivity contribution in [3.63, 3.8) is 0 Å². The van der Waals surface area contributed by atoms with Crippen molar-refractivity contribution in [1.82, 2.24) is 9.62 Å². The molecule has 9 heteroatoms. The molecular weight excluding hydrogens is 388 g/mol. The minimum atomic E-state index is -3.80. The van der Waals surface area contributed by atoms with Gasteiger partial charge in [-0.3, -0.25) is 4.79 Å². The molecule has 7 nitrogen and oxygen atoms in total. The van der Waals surface area contributed by atoms with E-state index in [0.29, 0.717) is 12.3 Å². The average molecular weight is 417 g/mol. The molecule has 1 amide bonds. The van der Waals surface area contributed by atoms with Crippen LogP contribution in [0.5, 0.6) is 0 Å². The molecule has 1 aliphatic heterocycles. The molecule has 0 aliphatic carbocycles. The summed E-state index contributed by atoms with van der Waals surface area (Å²) in [6.07, 6.45) is 1.33. The fourth-order valence-corrected chi connectivity index (χ4v) is 6.14. The average Bonchev–Trinajstić information content (AvgIpc) is 2.97. The van der Waals surface area contributed by atoms with E-state index >= 15 is 0 Å². The standard InChI is InChI=1S/C18H28N2O5S2/c1-4-14(3)15-6-8-17(9-7-15)27(24,25)20(5-2)12-18(21)19-16-10-11-26(22,23)13-16/h6-9,14,16H,4-5,10-13H2,1-3H3,(H,19,21)/t14-,16+/m1/s1. The van der Waals surface area contributed by atoms with Crippen molar-refractivity contribution in [2.24, 2.45) is 0 Å². The number of carbonyl (C=O) groups is 1. The molecule has 27 heavy (non-hydrogen) atoms. The summed E-state index contributed by atoms with van der Waals surface area (Å²) < 4.78 is 49.8. The first kappa shape index (κ1) is 21.8. The van der Waals surface area contributed by atoms with E-state index in [1.165, 1.54) is 0 Å².